The van der Waals surface area contributed by atoms with Crippen LogP contribution in [-0.2, 0) is 0 Å². The Labute approximate surface area is 120 Å². The molecule has 19 heavy (non-hydrogen) atoms. The van der Waals surface area contributed by atoms with Gasteiger partial charge in [0.25, 0.3) is 0 Å². The highest BCUT2D eigenvalue weighted by atomic mass is 32.2. The van der Waals surface area contributed by atoms with E-state index in [1.807, 2.05) is 11.8 Å². The molecule has 0 amide bonds. The van der Waals surface area contributed by atoms with Gasteiger partial charge in [0.15, 0.2) is 5.17 Å². The summed E-state index contributed by atoms with van der Waals surface area (Å²) in [6, 6.07) is 11.2. The summed E-state index contributed by atoms with van der Waals surface area (Å²) in [6.45, 7) is 7.33. The van der Waals surface area contributed by atoms with E-state index < -0.39 is 0 Å². The Bertz CT molecular complexity index is 417. The zero-order chi connectivity index (χ0) is 13.7. The Morgan fingerprint density at radius 2 is 2.11 bits per heavy atom. The Kier molecular flexibility index (Phi) is 5.28. The maximum atomic E-state index is 4.59. The number of likely N-dealkylation sites (N-methyl/N-ethyl adjacent to an activating group) is 1. The average molecular weight is 277 g/mol. The van der Waals surface area contributed by atoms with Crippen LogP contribution in [0.1, 0.15) is 24.7 Å². The van der Waals surface area contributed by atoms with Gasteiger partial charge in [0.1, 0.15) is 0 Å². The summed E-state index contributed by atoms with van der Waals surface area (Å²) in [5.41, 5.74) is 1.37. The lowest BCUT2D eigenvalue weighted by atomic mass is 10.1. The molecule has 2 rings (SSSR count). The third kappa shape index (κ3) is 4.25. The van der Waals surface area contributed by atoms with E-state index in [4.69, 9.17) is 0 Å². The lowest BCUT2D eigenvalue weighted by molar-refractivity contribution is 0.278. The van der Waals surface area contributed by atoms with Crippen LogP contribution in [0.5, 0.6) is 0 Å². The number of thioether (sulfide) groups is 1. The molecule has 1 aliphatic heterocycles. The van der Waals surface area contributed by atoms with Gasteiger partial charge in [0, 0.05) is 19.1 Å². The monoisotopic (exact) mass is 277 g/mol. The van der Waals surface area contributed by atoms with Crippen LogP contribution in [0.15, 0.2) is 35.3 Å². The zero-order valence-electron chi connectivity index (χ0n) is 12.0. The fourth-order valence-corrected chi connectivity index (χ4v) is 2.96. The summed E-state index contributed by atoms with van der Waals surface area (Å²) in [4.78, 5) is 6.92. The van der Waals surface area contributed by atoms with Crippen LogP contribution in [0.25, 0.3) is 0 Å². The minimum absolute atomic E-state index is 0.478. The number of nitrogens with one attached hydrogen (secondary N) is 1. The van der Waals surface area contributed by atoms with Crippen molar-refractivity contribution in [1.82, 2.24) is 10.2 Å². The van der Waals surface area contributed by atoms with E-state index in [0.29, 0.717) is 11.3 Å². The van der Waals surface area contributed by atoms with E-state index in [2.05, 4.69) is 66.4 Å². The van der Waals surface area contributed by atoms with Crippen molar-refractivity contribution < 1.29 is 0 Å². The van der Waals surface area contributed by atoms with Crippen molar-refractivity contribution in [3.63, 3.8) is 0 Å². The molecule has 3 nitrogen and oxygen atoms in total. The Balaban J connectivity index is 1.73. The zero-order valence-corrected chi connectivity index (χ0v) is 12.8. The molecule has 1 atom stereocenters. The third-order valence-electron chi connectivity index (χ3n) is 3.45. The molecule has 4 heteroatoms. The third-order valence-corrected chi connectivity index (χ3v) is 4.65. The number of hydrogen-bond donors (Lipinski definition) is 1. The quantitative estimate of drug-likeness (QED) is 0.897. The van der Waals surface area contributed by atoms with Gasteiger partial charge in [0.2, 0.25) is 0 Å². The molecule has 0 aromatic heterocycles. The normalized spacial score (nSPS) is 19.0. The first-order valence-electron chi connectivity index (χ1n) is 6.87. The van der Waals surface area contributed by atoms with Gasteiger partial charge in [-0.05, 0) is 26.5 Å². The van der Waals surface area contributed by atoms with Gasteiger partial charge in [-0.25, -0.2) is 0 Å². The molecule has 0 saturated carbocycles. The Morgan fingerprint density at radius 1 is 1.37 bits per heavy atom. The number of hydrogen-bond acceptors (Lipinski definition) is 4. The Morgan fingerprint density at radius 3 is 2.79 bits per heavy atom. The van der Waals surface area contributed by atoms with E-state index in [1.165, 1.54) is 5.56 Å². The highest BCUT2D eigenvalue weighted by Gasteiger charge is 2.20. The maximum absolute atomic E-state index is 4.59. The standard InChI is InChI=1S/C15H23N3S/c1-12(2)18(3)10-9-16-15-17-11-14(19-15)13-7-5-4-6-8-13/h4-8,12,14H,9-11H2,1-3H3,(H,16,17). The van der Waals surface area contributed by atoms with Crippen LogP contribution in [-0.4, -0.2) is 42.8 Å². The van der Waals surface area contributed by atoms with E-state index in [0.717, 1.165) is 24.8 Å². The summed E-state index contributed by atoms with van der Waals surface area (Å²) in [5.74, 6) is 0. The average Bonchev–Trinajstić information content (AvgIpc) is 2.88. The first-order valence-corrected chi connectivity index (χ1v) is 7.75. The van der Waals surface area contributed by atoms with Crippen molar-refractivity contribution in [3.8, 4) is 0 Å². The molecule has 1 aromatic rings. The van der Waals surface area contributed by atoms with Crippen molar-refractivity contribution in [2.75, 3.05) is 26.7 Å². The topological polar surface area (TPSA) is 27.6 Å². The van der Waals surface area contributed by atoms with Crippen LogP contribution < -0.4 is 5.32 Å². The van der Waals surface area contributed by atoms with E-state index >= 15 is 0 Å². The minimum Gasteiger partial charge on any atom is -0.364 e. The molecular weight excluding hydrogens is 254 g/mol. The molecule has 0 radical (unpaired) electrons. The molecule has 1 aliphatic rings. The summed E-state index contributed by atoms with van der Waals surface area (Å²) in [7, 11) is 2.16. The van der Waals surface area contributed by atoms with Gasteiger partial charge in [-0.1, -0.05) is 42.1 Å². The van der Waals surface area contributed by atoms with Gasteiger partial charge in [-0.2, -0.15) is 0 Å². The van der Waals surface area contributed by atoms with Crippen molar-refractivity contribution >= 4 is 16.9 Å². The molecule has 1 unspecified atom stereocenters. The predicted molar refractivity (Wildman–Crippen MR) is 84.8 cm³/mol. The van der Waals surface area contributed by atoms with Crippen LogP contribution in [0.2, 0.25) is 0 Å². The fraction of sp³-hybridized carbons (Fsp3) is 0.533. The molecule has 1 aromatic carbocycles. The SMILES string of the molecule is CC(C)N(C)CCNC1=NCC(c2ccccc2)S1. The molecule has 0 spiro atoms. The lowest BCUT2D eigenvalue weighted by Gasteiger charge is -2.21. The summed E-state index contributed by atoms with van der Waals surface area (Å²) in [6.07, 6.45) is 0. The van der Waals surface area contributed by atoms with Crippen LogP contribution >= 0.6 is 11.8 Å². The minimum atomic E-state index is 0.478. The summed E-state index contributed by atoms with van der Waals surface area (Å²) >= 11 is 1.84. The van der Waals surface area contributed by atoms with Crippen LogP contribution in [0, 0.1) is 0 Å². The van der Waals surface area contributed by atoms with Crippen LogP contribution in [0.3, 0.4) is 0 Å². The second-order valence-electron chi connectivity index (χ2n) is 5.16. The second-order valence-corrected chi connectivity index (χ2v) is 6.36. The summed E-state index contributed by atoms with van der Waals surface area (Å²) in [5, 5.41) is 5.01. The molecule has 0 fully saturated rings. The first-order chi connectivity index (χ1) is 9.16. The maximum Gasteiger partial charge on any atom is 0.157 e. The highest BCUT2D eigenvalue weighted by Crippen LogP contribution is 2.33. The van der Waals surface area contributed by atoms with Gasteiger partial charge in [-0.3, -0.25) is 4.99 Å². The van der Waals surface area contributed by atoms with Gasteiger partial charge >= 0.3 is 0 Å². The molecular formula is C15H23N3S. The van der Waals surface area contributed by atoms with Crippen molar-refractivity contribution in [3.05, 3.63) is 35.9 Å². The van der Waals surface area contributed by atoms with E-state index in [1.54, 1.807) is 0 Å². The molecule has 1 heterocycles. The van der Waals surface area contributed by atoms with Crippen molar-refractivity contribution in [1.29, 1.82) is 0 Å². The van der Waals surface area contributed by atoms with Gasteiger partial charge < -0.3 is 10.2 Å². The number of aliphatic imine (C=N–C) groups is 1. The highest BCUT2D eigenvalue weighted by molar-refractivity contribution is 8.14. The number of amidine groups is 1. The second kappa shape index (κ2) is 6.96. The molecule has 1 N–H and O–H groups in total. The predicted octanol–water partition coefficient (Wildman–Crippen LogP) is 2.76. The van der Waals surface area contributed by atoms with E-state index in [-0.39, 0.29) is 0 Å². The van der Waals surface area contributed by atoms with E-state index in [9.17, 15) is 0 Å². The molecule has 0 bridgehead atoms. The van der Waals surface area contributed by atoms with Crippen LogP contribution in [0.4, 0.5) is 0 Å². The van der Waals surface area contributed by atoms with Crippen molar-refractivity contribution in [2.45, 2.75) is 25.1 Å². The molecule has 104 valence electrons. The number of rotatable bonds is 5. The van der Waals surface area contributed by atoms with Crippen molar-refractivity contribution in [2.24, 2.45) is 4.99 Å². The summed E-state index contributed by atoms with van der Waals surface area (Å²) < 4.78 is 0. The molecule has 0 saturated heterocycles. The number of nitrogens with zero attached hydrogens (tertiary/aromatic N) is 2. The fourth-order valence-electron chi connectivity index (χ4n) is 1.91. The van der Waals surface area contributed by atoms with Gasteiger partial charge in [0.05, 0.1) is 11.8 Å². The van der Waals surface area contributed by atoms with Gasteiger partial charge in [-0.15, -0.1) is 0 Å². The first kappa shape index (κ1) is 14.4. The lowest BCUT2D eigenvalue weighted by Crippen LogP contribution is -2.35. The molecule has 0 aliphatic carbocycles. The smallest absolute Gasteiger partial charge is 0.157 e. The Hall–Kier alpha value is -1.00. The largest absolute Gasteiger partial charge is 0.364 e. The number of benzene rings is 1.